The lowest BCUT2D eigenvalue weighted by molar-refractivity contribution is -0.152. The molecule has 4 rings (SSSR count). The predicted molar refractivity (Wildman–Crippen MR) is 103 cm³/mol. The molecular formula is C23H22F3NO2. The third-order valence-electron chi connectivity index (χ3n) is 6.23. The monoisotopic (exact) mass is 401 g/mol. The van der Waals surface area contributed by atoms with Gasteiger partial charge in [-0.2, -0.15) is 0 Å². The van der Waals surface area contributed by atoms with Crippen LogP contribution in [0.2, 0.25) is 0 Å². The molecule has 1 aromatic heterocycles. The van der Waals surface area contributed by atoms with E-state index in [1.54, 1.807) is 43.5 Å². The average Bonchev–Trinajstić information content (AvgIpc) is 2.95. The molecule has 0 bridgehead atoms. The van der Waals surface area contributed by atoms with Crippen LogP contribution in [0.3, 0.4) is 0 Å². The van der Waals surface area contributed by atoms with Crippen LogP contribution in [-0.4, -0.2) is 23.0 Å². The lowest BCUT2D eigenvalue weighted by atomic mass is 9.64. The second-order valence-corrected chi connectivity index (χ2v) is 8.00. The van der Waals surface area contributed by atoms with Gasteiger partial charge in [0, 0.05) is 30.0 Å². The molecule has 1 aromatic carbocycles. The number of cyclic esters (lactones) is 1. The first kappa shape index (κ1) is 19.7. The molecule has 1 saturated heterocycles. The first-order chi connectivity index (χ1) is 13.8. The van der Waals surface area contributed by atoms with Crippen LogP contribution in [0.15, 0.2) is 48.7 Å². The minimum Gasteiger partial charge on any atom is -0.462 e. The van der Waals surface area contributed by atoms with Gasteiger partial charge in [-0.1, -0.05) is 31.2 Å². The van der Waals surface area contributed by atoms with Crippen molar-refractivity contribution in [2.45, 2.75) is 32.3 Å². The standard InChI is InChI=1S/C23H22F3NO2/c1-13-19(21-14(2)29-22(28)20(21)11-23(13,25)26)9-8-18-7-6-16(12-27-18)15-4-3-5-17(24)10-15/h3-10,12-14,19-21H,11H2,1-2H3. The molecule has 0 amide bonds. The van der Waals surface area contributed by atoms with Crippen molar-refractivity contribution in [1.29, 1.82) is 0 Å². The fourth-order valence-corrected chi connectivity index (χ4v) is 4.58. The van der Waals surface area contributed by atoms with E-state index in [4.69, 9.17) is 4.74 Å². The summed E-state index contributed by atoms with van der Waals surface area (Å²) in [4.78, 5) is 16.4. The second kappa shape index (κ2) is 7.32. The van der Waals surface area contributed by atoms with E-state index in [2.05, 4.69) is 4.98 Å². The maximum Gasteiger partial charge on any atom is 0.309 e. The lowest BCUT2D eigenvalue weighted by Gasteiger charge is -2.41. The number of benzene rings is 1. The fraction of sp³-hybridized carbons (Fsp3) is 0.391. The highest BCUT2D eigenvalue weighted by Crippen LogP contribution is 2.52. The lowest BCUT2D eigenvalue weighted by Crippen LogP contribution is -2.46. The zero-order chi connectivity index (χ0) is 20.8. The van der Waals surface area contributed by atoms with Gasteiger partial charge in [0.2, 0.25) is 0 Å². The number of hydrogen-bond acceptors (Lipinski definition) is 3. The molecule has 5 atom stereocenters. The Labute approximate surface area is 167 Å². The number of halogens is 3. The van der Waals surface area contributed by atoms with Crippen molar-refractivity contribution in [2.24, 2.45) is 23.7 Å². The molecule has 6 heteroatoms. The Morgan fingerprint density at radius 3 is 2.66 bits per heavy atom. The van der Waals surface area contributed by atoms with Crippen molar-refractivity contribution in [3.63, 3.8) is 0 Å². The number of carbonyl (C=O) groups excluding carboxylic acids is 1. The Kier molecular flexibility index (Phi) is 4.97. The number of hydrogen-bond donors (Lipinski definition) is 0. The molecule has 1 aliphatic heterocycles. The maximum atomic E-state index is 14.5. The molecular weight excluding hydrogens is 379 g/mol. The highest BCUT2D eigenvalue weighted by atomic mass is 19.3. The molecule has 1 aliphatic carbocycles. The van der Waals surface area contributed by atoms with E-state index in [9.17, 15) is 18.0 Å². The topological polar surface area (TPSA) is 39.2 Å². The first-order valence-corrected chi connectivity index (χ1v) is 9.75. The quantitative estimate of drug-likeness (QED) is 0.649. The van der Waals surface area contributed by atoms with E-state index in [0.29, 0.717) is 11.3 Å². The number of carbonyl (C=O) groups is 1. The van der Waals surface area contributed by atoms with Crippen molar-refractivity contribution in [3.8, 4) is 11.1 Å². The largest absolute Gasteiger partial charge is 0.462 e. The summed E-state index contributed by atoms with van der Waals surface area (Å²) < 4.78 is 47.6. The molecule has 152 valence electrons. The normalized spacial score (nSPS) is 30.9. The van der Waals surface area contributed by atoms with Gasteiger partial charge in [0.25, 0.3) is 5.92 Å². The van der Waals surface area contributed by atoms with E-state index in [1.165, 1.54) is 19.1 Å². The highest BCUT2D eigenvalue weighted by molar-refractivity contribution is 5.76. The van der Waals surface area contributed by atoms with Gasteiger partial charge in [0.15, 0.2) is 0 Å². The third-order valence-corrected chi connectivity index (χ3v) is 6.23. The zero-order valence-corrected chi connectivity index (χ0v) is 16.2. The molecule has 1 saturated carbocycles. The van der Waals surface area contributed by atoms with Crippen LogP contribution >= 0.6 is 0 Å². The summed E-state index contributed by atoms with van der Waals surface area (Å²) in [6, 6.07) is 9.80. The van der Waals surface area contributed by atoms with Gasteiger partial charge in [-0.05, 0) is 42.7 Å². The predicted octanol–water partition coefficient (Wildman–Crippen LogP) is 5.37. The van der Waals surface area contributed by atoms with Gasteiger partial charge in [0.05, 0.1) is 11.6 Å². The summed E-state index contributed by atoms with van der Waals surface area (Å²) in [5.74, 6) is -6.19. The van der Waals surface area contributed by atoms with Gasteiger partial charge in [0.1, 0.15) is 11.9 Å². The average molecular weight is 401 g/mol. The molecule has 5 unspecified atom stereocenters. The molecule has 3 nitrogen and oxygen atoms in total. The molecule has 2 heterocycles. The summed E-state index contributed by atoms with van der Waals surface area (Å²) in [5, 5.41) is 0. The zero-order valence-electron chi connectivity index (χ0n) is 16.2. The van der Waals surface area contributed by atoms with Crippen molar-refractivity contribution in [3.05, 3.63) is 60.2 Å². The summed E-state index contributed by atoms with van der Waals surface area (Å²) in [6.45, 7) is 3.30. The summed E-state index contributed by atoms with van der Waals surface area (Å²) in [6.07, 6.45) is 4.24. The van der Waals surface area contributed by atoms with Gasteiger partial charge >= 0.3 is 5.97 Å². The number of rotatable bonds is 3. The van der Waals surface area contributed by atoms with Crippen LogP contribution in [0.5, 0.6) is 0 Å². The number of esters is 1. The molecule has 2 aromatic rings. The number of nitrogens with zero attached hydrogens (tertiary/aromatic N) is 1. The third kappa shape index (κ3) is 3.68. The molecule has 2 aliphatic rings. The number of aromatic nitrogens is 1. The van der Waals surface area contributed by atoms with Crippen molar-refractivity contribution < 1.29 is 22.7 Å². The van der Waals surface area contributed by atoms with Crippen LogP contribution in [-0.2, 0) is 9.53 Å². The Hall–Kier alpha value is -2.63. The van der Waals surface area contributed by atoms with Gasteiger partial charge in [-0.15, -0.1) is 0 Å². The summed E-state index contributed by atoms with van der Waals surface area (Å²) >= 11 is 0. The van der Waals surface area contributed by atoms with Crippen molar-refractivity contribution >= 4 is 12.0 Å². The van der Waals surface area contributed by atoms with E-state index in [-0.39, 0.29) is 17.8 Å². The summed E-state index contributed by atoms with van der Waals surface area (Å²) in [5.41, 5.74) is 2.09. The molecule has 0 radical (unpaired) electrons. The SMILES string of the molecule is CC1OC(=O)C2CC(F)(F)C(C)C(C=Cc3ccc(-c4cccc(F)c4)cn3)C12. The Bertz CT molecular complexity index is 941. The van der Waals surface area contributed by atoms with Crippen LogP contribution < -0.4 is 0 Å². The summed E-state index contributed by atoms with van der Waals surface area (Å²) in [7, 11) is 0. The van der Waals surface area contributed by atoms with E-state index in [0.717, 1.165) is 5.56 Å². The van der Waals surface area contributed by atoms with E-state index < -0.39 is 36.1 Å². The minimum atomic E-state index is -2.92. The number of pyridine rings is 1. The van der Waals surface area contributed by atoms with Gasteiger partial charge in [-0.3, -0.25) is 9.78 Å². The van der Waals surface area contributed by atoms with E-state index >= 15 is 0 Å². The Morgan fingerprint density at radius 1 is 1.17 bits per heavy atom. The fourth-order valence-electron chi connectivity index (χ4n) is 4.58. The van der Waals surface area contributed by atoms with Crippen molar-refractivity contribution in [2.75, 3.05) is 0 Å². The molecule has 0 spiro atoms. The molecule has 2 fully saturated rings. The van der Waals surface area contributed by atoms with Crippen LogP contribution in [0.1, 0.15) is 26.0 Å². The van der Waals surface area contributed by atoms with Crippen LogP contribution in [0.4, 0.5) is 13.2 Å². The number of fused-ring (bicyclic) bond motifs is 1. The molecule has 0 N–H and O–H groups in total. The maximum absolute atomic E-state index is 14.5. The minimum absolute atomic E-state index is 0.264. The smallest absolute Gasteiger partial charge is 0.309 e. The Balaban J connectivity index is 1.57. The van der Waals surface area contributed by atoms with E-state index in [1.807, 2.05) is 6.07 Å². The number of alkyl halides is 2. The highest BCUT2D eigenvalue weighted by Gasteiger charge is 2.59. The second-order valence-electron chi connectivity index (χ2n) is 8.00. The Morgan fingerprint density at radius 2 is 1.97 bits per heavy atom. The first-order valence-electron chi connectivity index (χ1n) is 9.75. The molecule has 29 heavy (non-hydrogen) atoms. The van der Waals surface area contributed by atoms with Crippen LogP contribution in [0, 0.1) is 29.5 Å². The number of ether oxygens (including phenoxy) is 1. The van der Waals surface area contributed by atoms with Gasteiger partial charge in [-0.25, -0.2) is 13.2 Å². The van der Waals surface area contributed by atoms with Crippen LogP contribution in [0.25, 0.3) is 17.2 Å². The number of allylic oxidation sites excluding steroid dienone is 1. The van der Waals surface area contributed by atoms with Crippen molar-refractivity contribution in [1.82, 2.24) is 4.98 Å². The van der Waals surface area contributed by atoms with Gasteiger partial charge < -0.3 is 4.74 Å².